The SMILES string of the molecule is CN(CC(=O)N1CCC2(CCC(=O)N(Cc3ccccc3)C2)CC1)C(N)=O. The summed E-state index contributed by atoms with van der Waals surface area (Å²) in [6.45, 7) is 2.75. The number of benzene rings is 1. The highest BCUT2D eigenvalue weighted by Gasteiger charge is 2.41. The zero-order valence-electron chi connectivity index (χ0n) is 15.9. The minimum Gasteiger partial charge on any atom is -0.351 e. The lowest BCUT2D eigenvalue weighted by Crippen LogP contribution is -2.53. The summed E-state index contributed by atoms with van der Waals surface area (Å²) in [5.41, 5.74) is 6.43. The molecule has 0 radical (unpaired) electrons. The van der Waals surface area contributed by atoms with E-state index in [0.717, 1.165) is 31.4 Å². The summed E-state index contributed by atoms with van der Waals surface area (Å²) in [4.78, 5) is 40.9. The van der Waals surface area contributed by atoms with Crippen LogP contribution in [0.2, 0.25) is 0 Å². The monoisotopic (exact) mass is 372 g/mol. The molecule has 7 nitrogen and oxygen atoms in total. The molecule has 1 aromatic carbocycles. The van der Waals surface area contributed by atoms with Gasteiger partial charge in [-0.15, -0.1) is 0 Å². The molecular formula is C20H28N4O3. The molecule has 1 aromatic rings. The van der Waals surface area contributed by atoms with E-state index in [1.54, 1.807) is 0 Å². The van der Waals surface area contributed by atoms with E-state index < -0.39 is 6.03 Å². The van der Waals surface area contributed by atoms with E-state index in [1.807, 2.05) is 40.1 Å². The van der Waals surface area contributed by atoms with E-state index in [1.165, 1.54) is 11.9 Å². The summed E-state index contributed by atoms with van der Waals surface area (Å²) >= 11 is 0. The molecule has 2 saturated heterocycles. The molecule has 2 aliphatic rings. The van der Waals surface area contributed by atoms with Gasteiger partial charge in [0.15, 0.2) is 0 Å². The fourth-order valence-corrected chi connectivity index (χ4v) is 4.07. The normalized spacial score (nSPS) is 19.2. The van der Waals surface area contributed by atoms with Gasteiger partial charge in [0.05, 0.1) is 0 Å². The van der Waals surface area contributed by atoms with Gasteiger partial charge in [0.1, 0.15) is 6.54 Å². The third kappa shape index (κ3) is 4.59. The number of hydrogen-bond acceptors (Lipinski definition) is 3. The minimum atomic E-state index is -0.598. The quantitative estimate of drug-likeness (QED) is 0.867. The van der Waals surface area contributed by atoms with Crippen LogP contribution in [0.3, 0.4) is 0 Å². The topological polar surface area (TPSA) is 87.0 Å². The number of piperidine rings is 2. The Morgan fingerprint density at radius 2 is 1.81 bits per heavy atom. The second-order valence-electron chi connectivity index (χ2n) is 7.81. The molecule has 146 valence electrons. The van der Waals surface area contributed by atoms with E-state index >= 15 is 0 Å². The van der Waals surface area contributed by atoms with Crippen LogP contribution in [0.25, 0.3) is 0 Å². The van der Waals surface area contributed by atoms with Crippen LogP contribution in [0.15, 0.2) is 30.3 Å². The molecule has 4 amide bonds. The molecule has 0 unspecified atom stereocenters. The smallest absolute Gasteiger partial charge is 0.314 e. The van der Waals surface area contributed by atoms with Crippen molar-refractivity contribution in [3.05, 3.63) is 35.9 Å². The van der Waals surface area contributed by atoms with Gasteiger partial charge in [0.25, 0.3) is 0 Å². The van der Waals surface area contributed by atoms with Crippen molar-refractivity contribution in [3.63, 3.8) is 0 Å². The van der Waals surface area contributed by atoms with Crippen molar-refractivity contribution in [1.82, 2.24) is 14.7 Å². The lowest BCUT2D eigenvalue weighted by molar-refractivity contribution is -0.143. The predicted molar refractivity (Wildman–Crippen MR) is 102 cm³/mol. The van der Waals surface area contributed by atoms with Gasteiger partial charge in [-0.2, -0.15) is 0 Å². The van der Waals surface area contributed by atoms with Crippen LogP contribution < -0.4 is 5.73 Å². The molecule has 2 N–H and O–H groups in total. The number of primary amides is 1. The zero-order chi connectivity index (χ0) is 19.4. The van der Waals surface area contributed by atoms with Gasteiger partial charge >= 0.3 is 6.03 Å². The first kappa shape index (κ1) is 19.2. The summed E-state index contributed by atoms with van der Waals surface area (Å²) in [5.74, 6) is 0.144. The Bertz CT molecular complexity index is 698. The first-order valence-electron chi connectivity index (χ1n) is 9.49. The molecule has 27 heavy (non-hydrogen) atoms. The van der Waals surface area contributed by atoms with Crippen LogP contribution >= 0.6 is 0 Å². The maximum absolute atomic E-state index is 12.4. The highest BCUT2D eigenvalue weighted by Crippen LogP contribution is 2.40. The summed E-state index contributed by atoms with van der Waals surface area (Å²) in [5, 5.41) is 0. The van der Waals surface area contributed by atoms with Crippen molar-refractivity contribution in [2.24, 2.45) is 11.1 Å². The van der Waals surface area contributed by atoms with E-state index in [4.69, 9.17) is 5.73 Å². The Labute approximate surface area is 160 Å². The van der Waals surface area contributed by atoms with Crippen molar-refractivity contribution in [2.45, 2.75) is 32.2 Å². The fraction of sp³-hybridized carbons (Fsp3) is 0.550. The predicted octanol–water partition coefficient (Wildman–Crippen LogP) is 1.43. The van der Waals surface area contributed by atoms with Crippen LogP contribution in [0.5, 0.6) is 0 Å². The lowest BCUT2D eigenvalue weighted by Gasteiger charge is -2.47. The van der Waals surface area contributed by atoms with Gasteiger partial charge in [-0.25, -0.2) is 4.79 Å². The largest absolute Gasteiger partial charge is 0.351 e. The second kappa shape index (κ2) is 7.98. The first-order valence-corrected chi connectivity index (χ1v) is 9.49. The highest BCUT2D eigenvalue weighted by molar-refractivity contribution is 5.83. The lowest BCUT2D eigenvalue weighted by atomic mass is 9.72. The third-order valence-corrected chi connectivity index (χ3v) is 5.89. The Morgan fingerprint density at radius 1 is 1.15 bits per heavy atom. The van der Waals surface area contributed by atoms with E-state index in [-0.39, 0.29) is 23.8 Å². The van der Waals surface area contributed by atoms with Crippen molar-refractivity contribution >= 4 is 17.8 Å². The number of urea groups is 1. The van der Waals surface area contributed by atoms with Crippen LogP contribution in [0.1, 0.15) is 31.2 Å². The van der Waals surface area contributed by atoms with Gasteiger partial charge in [-0.3, -0.25) is 9.59 Å². The molecule has 2 heterocycles. The second-order valence-corrected chi connectivity index (χ2v) is 7.81. The maximum Gasteiger partial charge on any atom is 0.314 e. The fourth-order valence-electron chi connectivity index (χ4n) is 4.07. The molecule has 3 rings (SSSR count). The Kier molecular flexibility index (Phi) is 5.68. The Morgan fingerprint density at radius 3 is 2.44 bits per heavy atom. The number of nitrogens with zero attached hydrogens (tertiary/aromatic N) is 3. The van der Waals surface area contributed by atoms with Crippen molar-refractivity contribution < 1.29 is 14.4 Å². The minimum absolute atomic E-state index is 0.0148. The molecule has 7 heteroatoms. The van der Waals surface area contributed by atoms with Gasteiger partial charge in [-0.05, 0) is 30.2 Å². The van der Waals surface area contributed by atoms with Crippen molar-refractivity contribution in [1.29, 1.82) is 0 Å². The number of hydrogen-bond donors (Lipinski definition) is 1. The van der Waals surface area contributed by atoms with Crippen LogP contribution in [-0.2, 0) is 16.1 Å². The zero-order valence-corrected chi connectivity index (χ0v) is 15.9. The maximum atomic E-state index is 12.4. The molecule has 0 atom stereocenters. The van der Waals surface area contributed by atoms with Gasteiger partial charge in [-0.1, -0.05) is 30.3 Å². The molecule has 0 saturated carbocycles. The molecular weight excluding hydrogens is 344 g/mol. The van der Waals surface area contributed by atoms with E-state index in [9.17, 15) is 14.4 Å². The molecule has 2 fully saturated rings. The number of likely N-dealkylation sites (tertiary alicyclic amines) is 2. The number of nitrogens with two attached hydrogens (primary N) is 1. The van der Waals surface area contributed by atoms with Gasteiger partial charge in [0, 0.05) is 39.6 Å². The van der Waals surface area contributed by atoms with Crippen molar-refractivity contribution in [3.8, 4) is 0 Å². The number of amides is 4. The van der Waals surface area contributed by atoms with E-state index in [0.29, 0.717) is 26.1 Å². The molecule has 1 spiro atoms. The summed E-state index contributed by atoms with van der Waals surface area (Å²) in [6, 6.07) is 9.46. The average Bonchev–Trinajstić information content (AvgIpc) is 2.66. The Hall–Kier alpha value is -2.57. The number of likely N-dealkylation sites (N-methyl/N-ethyl adjacent to an activating group) is 1. The van der Waals surface area contributed by atoms with Gasteiger partial charge in [0.2, 0.25) is 11.8 Å². The summed E-state index contributed by atoms with van der Waals surface area (Å²) in [6.07, 6.45) is 3.24. The molecule has 2 aliphatic heterocycles. The molecule has 0 aromatic heterocycles. The average molecular weight is 372 g/mol. The molecule has 0 aliphatic carbocycles. The number of carbonyl (C=O) groups excluding carboxylic acids is 3. The molecule has 0 bridgehead atoms. The van der Waals surface area contributed by atoms with Crippen LogP contribution in [0, 0.1) is 5.41 Å². The van der Waals surface area contributed by atoms with Gasteiger partial charge < -0.3 is 20.4 Å². The first-order chi connectivity index (χ1) is 12.9. The third-order valence-electron chi connectivity index (χ3n) is 5.89. The van der Waals surface area contributed by atoms with Crippen molar-refractivity contribution in [2.75, 3.05) is 33.2 Å². The highest BCUT2D eigenvalue weighted by atomic mass is 16.2. The summed E-state index contributed by atoms with van der Waals surface area (Å²) in [7, 11) is 1.53. The number of carbonyl (C=O) groups is 3. The standard InChI is InChI=1S/C20H28N4O3/c1-22(19(21)27)14-18(26)23-11-9-20(10-12-23)8-7-17(25)24(15-20)13-16-5-3-2-4-6-16/h2-6H,7-15H2,1H3,(H2,21,27). The van der Waals surface area contributed by atoms with Crippen LogP contribution in [-0.4, -0.2) is 65.8 Å². The van der Waals surface area contributed by atoms with Crippen LogP contribution in [0.4, 0.5) is 4.79 Å². The number of rotatable bonds is 4. The van der Waals surface area contributed by atoms with E-state index in [2.05, 4.69) is 0 Å². The Balaban J connectivity index is 1.57. The summed E-state index contributed by atoms with van der Waals surface area (Å²) < 4.78 is 0.